The van der Waals surface area contributed by atoms with E-state index in [4.69, 9.17) is 14.2 Å². The van der Waals surface area contributed by atoms with Gasteiger partial charge in [-0.3, -0.25) is 9.59 Å². The molecule has 7 heteroatoms. The van der Waals surface area contributed by atoms with Crippen molar-refractivity contribution < 1.29 is 28.6 Å². The van der Waals surface area contributed by atoms with Gasteiger partial charge in [-0.05, 0) is 32.3 Å². The van der Waals surface area contributed by atoms with Crippen LogP contribution in [0.1, 0.15) is 39.2 Å². The summed E-state index contributed by atoms with van der Waals surface area (Å²) < 4.78 is 15.8. The summed E-state index contributed by atoms with van der Waals surface area (Å²) in [6.45, 7) is 5.22. The molecule has 0 saturated carbocycles. The number of hydrogen-bond acceptors (Lipinski definition) is 6. The van der Waals surface area contributed by atoms with Crippen molar-refractivity contribution in [2.45, 2.75) is 52.4 Å². The predicted octanol–water partition coefficient (Wildman–Crippen LogP) is 2.92. The zero-order valence-electron chi connectivity index (χ0n) is 16.3. The van der Waals surface area contributed by atoms with E-state index in [-0.39, 0.29) is 6.61 Å². The molecule has 1 amide bonds. The molecule has 0 spiro atoms. The quantitative estimate of drug-likeness (QED) is 0.580. The molecule has 1 fully saturated rings. The Hall–Kier alpha value is -2.57. The zero-order valence-corrected chi connectivity index (χ0v) is 16.3. The zero-order chi connectivity index (χ0) is 20.0. The Kier molecular flexibility index (Phi) is 6.82. The van der Waals surface area contributed by atoms with Crippen LogP contribution in [0.25, 0.3) is 0 Å². The lowest BCUT2D eigenvalue weighted by molar-refractivity contribution is -0.168. The van der Waals surface area contributed by atoms with E-state index in [0.717, 1.165) is 5.56 Å². The molecule has 1 aliphatic rings. The second-order valence-electron chi connectivity index (χ2n) is 7.18. The number of nitrogens with zero attached hydrogens (tertiary/aromatic N) is 1. The Morgan fingerprint density at radius 1 is 1.19 bits per heavy atom. The van der Waals surface area contributed by atoms with E-state index in [1.165, 1.54) is 18.9 Å². The molecular weight excluding hydrogens is 350 g/mol. The first kappa shape index (κ1) is 20.7. The first-order chi connectivity index (χ1) is 12.8. The van der Waals surface area contributed by atoms with Crippen LogP contribution < -0.4 is 0 Å². The van der Waals surface area contributed by atoms with Crippen LogP contribution in [-0.4, -0.2) is 48.7 Å². The fraction of sp³-hybridized carbons (Fsp3) is 0.550. The maximum atomic E-state index is 12.8. The Balaban J connectivity index is 2.22. The summed E-state index contributed by atoms with van der Waals surface area (Å²) in [6.07, 6.45) is 0.0616. The standard InChI is InChI=1S/C20H27NO6/c1-14(22)27-16-11-8-12-21(17(16)20(2,3)18(23)25-4)19(24)26-13-15-9-6-5-7-10-15/h5-7,9-10,16-17H,8,11-13H2,1-4H3. The summed E-state index contributed by atoms with van der Waals surface area (Å²) in [5.74, 6) is -0.933. The highest BCUT2D eigenvalue weighted by Gasteiger charge is 2.50. The van der Waals surface area contributed by atoms with Gasteiger partial charge in [-0.1, -0.05) is 30.3 Å². The highest BCUT2D eigenvalue weighted by atomic mass is 16.6. The van der Waals surface area contributed by atoms with Gasteiger partial charge in [0.2, 0.25) is 0 Å². The second kappa shape index (κ2) is 8.88. The minimum absolute atomic E-state index is 0.125. The van der Waals surface area contributed by atoms with E-state index < -0.39 is 35.6 Å². The molecular formula is C20H27NO6. The van der Waals surface area contributed by atoms with Crippen LogP contribution in [0, 0.1) is 5.41 Å². The lowest BCUT2D eigenvalue weighted by atomic mass is 9.77. The van der Waals surface area contributed by atoms with Crippen LogP contribution >= 0.6 is 0 Å². The molecule has 7 nitrogen and oxygen atoms in total. The number of amides is 1. The molecule has 0 bridgehead atoms. The van der Waals surface area contributed by atoms with Crippen molar-refractivity contribution in [1.29, 1.82) is 0 Å². The second-order valence-corrected chi connectivity index (χ2v) is 7.18. The average molecular weight is 377 g/mol. The van der Waals surface area contributed by atoms with E-state index in [9.17, 15) is 14.4 Å². The third kappa shape index (κ3) is 4.99. The molecule has 0 N–H and O–H groups in total. The van der Waals surface area contributed by atoms with Crippen molar-refractivity contribution in [2.24, 2.45) is 5.41 Å². The van der Waals surface area contributed by atoms with Gasteiger partial charge in [-0.2, -0.15) is 0 Å². The highest BCUT2D eigenvalue weighted by molar-refractivity contribution is 5.79. The van der Waals surface area contributed by atoms with Gasteiger partial charge in [0, 0.05) is 13.5 Å². The maximum absolute atomic E-state index is 12.8. The molecule has 2 unspecified atom stereocenters. The van der Waals surface area contributed by atoms with Crippen LogP contribution in [0.2, 0.25) is 0 Å². The number of esters is 2. The summed E-state index contributed by atoms with van der Waals surface area (Å²) >= 11 is 0. The van der Waals surface area contributed by atoms with Crippen molar-refractivity contribution in [1.82, 2.24) is 4.90 Å². The van der Waals surface area contributed by atoms with Crippen LogP contribution in [-0.2, 0) is 30.4 Å². The van der Waals surface area contributed by atoms with Crippen LogP contribution in [0.3, 0.4) is 0 Å². The molecule has 2 atom stereocenters. The number of likely N-dealkylation sites (tertiary alicyclic amines) is 1. The fourth-order valence-electron chi connectivity index (χ4n) is 3.54. The van der Waals surface area contributed by atoms with Crippen molar-refractivity contribution in [3.05, 3.63) is 35.9 Å². The number of piperidine rings is 1. The fourth-order valence-corrected chi connectivity index (χ4v) is 3.54. The summed E-state index contributed by atoms with van der Waals surface area (Å²) in [4.78, 5) is 38.2. The molecule has 0 aromatic heterocycles. The summed E-state index contributed by atoms with van der Waals surface area (Å²) in [5.41, 5.74) is -0.204. The lowest BCUT2D eigenvalue weighted by Crippen LogP contribution is -2.61. The summed E-state index contributed by atoms with van der Waals surface area (Å²) in [5, 5.41) is 0. The van der Waals surface area contributed by atoms with Crippen LogP contribution in [0.15, 0.2) is 30.3 Å². The molecule has 1 saturated heterocycles. The number of carbonyl (C=O) groups is 3. The molecule has 1 aliphatic heterocycles. The number of hydrogen-bond donors (Lipinski definition) is 0. The lowest BCUT2D eigenvalue weighted by Gasteiger charge is -2.46. The minimum atomic E-state index is -1.07. The number of ether oxygens (including phenoxy) is 3. The molecule has 2 rings (SSSR count). The van der Waals surface area contributed by atoms with Gasteiger partial charge in [0.05, 0.1) is 18.6 Å². The Morgan fingerprint density at radius 3 is 2.44 bits per heavy atom. The minimum Gasteiger partial charge on any atom is -0.469 e. The summed E-state index contributed by atoms with van der Waals surface area (Å²) in [7, 11) is 1.30. The number of rotatable bonds is 5. The van der Waals surface area contributed by atoms with Gasteiger partial charge >= 0.3 is 18.0 Å². The topological polar surface area (TPSA) is 82.1 Å². The van der Waals surface area contributed by atoms with Gasteiger partial charge < -0.3 is 19.1 Å². The predicted molar refractivity (Wildman–Crippen MR) is 97.7 cm³/mol. The van der Waals surface area contributed by atoms with Crippen molar-refractivity contribution in [3.8, 4) is 0 Å². The average Bonchev–Trinajstić information content (AvgIpc) is 2.65. The molecule has 148 valence electrons. The molecule has 0 aliphatic carbocycles. The maximum Gasteiger partial charge on any atom is 0.410 e. The van der Waals surface area contributed by atoms with E-state index in [0.29, 0.717) is 19.4 Å². The Bertz CT molecular complexity index is 672. The van der Waals surface area contributed by atoms with Gasteiger partial charge in [0.15, 0.2) is 0 Å². The summed E-state index contributed by atoms with van der Waals surface area (Å²) in [6, 6.07) is 8.66. The number of methoxy groups -OCH3 is 1. The molecule has 27 heavy (non-hydrogen) atoms. The Morgan fingerprint density at radius 2 is 1.85 bits per heavy atom. The van der Waals surface area contributed by atoms with Crippen LogP contribution in [0.4, 0.5) is 4.79 Å². The SMILES string of the molecule is COC(=O)C(C)(C)C1C(OC(C)=O)CCCN1C(=O)OCc1ccccc1. The number of benzene rings is 1. The van der Waals surface area contributed by atoms with Crippen molar-refractivity contribution in [2.75, 3.05) is 13.7 Å². The third-order valence-corrected chi connectivity index (χ3v) is 4.78. The van der Waals surface area contributed by atoms with E-state index in [1.807, 2.05) is 30.3 Å². The van der Waals surface area contributed by atoms with Gasteiger partial charge in [0.25, 0.3) is 0 Å². The van der Waals surface area contributed by atoms with Crippen LogP contribution in [0.5, 0.6) is 0 Å². The Labute approximate surface area is 159 Å². The van der Waals surface area contributed by atoms with E-state index >= 15 is 0 Å². The largest absolute Gasteiger partial charge is 0.469 e. The van der Waals surface area contributed by atoms with E-state index in [2.05, 4.69) is 0 Å². The smallest absolute Gasteiger partial charge is 0.410 e. The van der Waals surface area contributed by atoms with E-state index in [1.54, 1.807) is 13.8 Å². The third-order valence-electron chi connectivity index (χ3n) is 4.78. The molecule has 1 heterocycles. The molecule has 1 aromatic rings. The highest BCUT2D eigenvalue weighted by Crippen LogP contribution is 2.36. The van der Waals surface area contributed by atoms with Gasteiger partial charge in [-0.15, -0.1) is 0 Å². The first-order valence-electron chi connectivity index (χ1n) is 9.00. The van der Waals surface area contributed by atoms with Gasteiger partial charge in [-0.25, -0.2) is 4.79 Å². The number of carbonyl (C=O) groups excluding carboxylic acids is 3. The normalized spacial score (nSPS) is 19.9. The monoisotopic (exact) mass is 377 g/mol. The van der Waals surface area contributed by atoms with Crippen molar-refractivity contribution >= 4 is 18.0 Å². The molecule has 1 aromatic carbocycles. The first-order valence-corrected chi connectivity index (χ1v) is 9.00. The molecule has 0 radical (unpaired) electrons. The van der Waals surface area contributed by atoms with Gasteiger partial charge in [0.1, 0.15) is 12.7 Å². The van der Waals surface area contributed by atoms with Crippen molar-refractivity contribution in [3.63, 3.8) is 0 Å².